The minimum absolute atomic E-state index is 0.509. The second-order valence-electron chi connectivity index (χ2n) is 8.80. The summed E-state index contributed by atoms with van der Waals surface area (Å²) in [5.41, 5.74) is 1.75. The van der Waals surface area contributed by atoms with Crippen molar-refractivity contribution in [2.75, 3.05) is 0 Å². The van der Waals surface area contributed by atoms with Crippen LogP contribution in [0.3, 0.4) is 0 Å². The van der Waals surface area contributed by atoms with Crippen LogP contribution in [0.15, 0.2) is 23.3 Å². The molecule has 26 heavy (non-hydrogen) atoms. The first kappa shape index (κ1) is 25.4. The van der Waals surface area contributed by atoms with Gasteiger partial charge < -0.3 is 5.11 Å². The first-order valence-corrected chi connectivity index (χ1v) is 11.4. The molecule has 0 aliphatic rings. The Kier molecular flexibility index (Phi) is 15.2. The Morgan fingerprint density at radius 2 is 1.27 bits per heavy atom. The van der Waals surface area contributed by atoms with Crippen LogP contribution in [-0.2, 0) is 0 Å². The summed E-state index contributed by atoms with van der Waals surface area (Å²) in [5, 5.41) is 10.1. The lowest BCUT2D eigenvalue weighted by molar-refractivity contribution is 0.118. The van der Waals surface area contributed by atoms with E-state index in [9.17, 15) is 5.11 Å². The van der Waals surface area contributed by atoms with Gasteiger partial charge in [0, 0.05) is 0 Å². The van der Waals surface area contributed by atoms with Gasteiger partial charge in [-0.3, -0.25) is 0 Å². The normalized spacial score (nSPS) is 14.7. The van der Waals surface area contributed by atoms with Crippen LogP contribution in [0.5, 0.6) is 0 Å². The second-order valence-corrected chi connectivity index (χ2v) is 8.80. The molecule has 0 saturated carbocycles. The lowest BCUT2D eigenvalue weighted by atomic mass is 9.87. The predicted octanol–water partition coefficient (Wildman–Crippen LogP) is 8.38. The minimum Gasteiger partial charge on any atom is -0.386 e. The summed E-state index contributed by atoms with van der Waals surface area (Å²) in [5.74, 6) is 0.509. The quantitative estimate of drug-likeness (QED) is 0.215. The highest BCUT2D eigenvalue weighted by Gasteiger charge is 2.19. The van der Waals surface area contributed by atoms with Crippen molar-refractivity contribution >= 4 is 0 Å². The van der Waals surface area contributed by atoms with E-state index in [0.29, 0.717) is 5.92 Å². The van der Waals surface area contributed by atoms with Gasteiger partial charge in [-0.1, -0.05) is 95.8 Å². The van der Waals surface area contributed by atoms with E-state index in [1.165, 1.54) is 82.6 Å². The Morgan fingerprint density at radius 3 is 1.73 bits per heavy atom. The number of hydrogen-bond donors (Lipinski definition) is 1. The third kappa shape index (κ3) is 13.6. The molecule has 0 bridgehead atoms. The Hall–Kier alpha value is -0.560. The Labute approximate surface area is 165 Å². The SMILES string of the molecule is CCCCCCCCCCCCC/C=C/CC(C)/C(C)=C(\C)C(C)(C)O. The second kappa shape index (κ2) is 15.5. The third-order valence-corrected chi connectivity index (χ3v) is 5.88. The van der Waals surface area contributed by atoms with Gasteiger partial charge >= 0.3 is 0 Å². The highest BCUT2D eigenvalue weighted by atomic mass is 16.3. The zero-order valence-electron chi connectivity index (χ0n) is 18.9. The first-order valence-electron chi connectivity index (χ1n) is 11.4. The molecule has 154 valence electrons. The molecule has 0 aliphatic heterocycles. The smallest absolute Gasteiger partial charge is 0.0800 e. The Morgan fingerprint density at radius 1 is 0.808 bits per heavy atom. The van der Waals surface area contributed by atoms with Crippen LogP contribution < -0.4 is 0 Å². The predicted molar refractivity (Wildman–Crippen MR) is 119 cm³/mol. The summed E-state index contributed by atoms with van der Waals surface area (Å²) in [4.78, 5) is 0. The van der Waals surface area contributed by atoms with Gasteiger partial charge in [-0.05, 0) is 58.4 Å². The average Bonchev–Trinajstić information content (AvgIpc) is 2.59. The van der Waals surface area contributed by atoms with Gasteiger partial charge in [-0.2, -0.15) is 0 Å². The lowest BCUT2D eigenvalue weighted by Gasteiger charge is -2.24. The first-order chi connectivity index (χ1) is 12.3. The maximum Gasteiger partial charge on any atom is 0.0800 e. The number of unbranched alkanes of at least 4 members (excludes halogenated alkanes) is 11. The van der Waals surface area contributed by atoms with Crippen LogP contribution in [0.4, 0.5) is 0 Å². The highest BCUT2D eigenvalue weighted by Crippen LogP contribution is 2.25. The largest absolute Gasteiger partial charge is 0.386 e. The van der Waals surface area contributed by atoms with Crippen molar-refractivity contribution in [2.24, 2.45) is 5.92 Å². The standard InChI is InChI=1S/C25H48O/c1-7-8-9-10-11-12-13-14-15-16-17-18-19-20-21-22(2)23(3)24(4)25(5,6)26/h19-20,22,26H,7-18,21H2,1-6H3/b20-19+,24-23+. The van der Waals surface area contributed by atoms with Gasteiger partial charge in [0.1, 0.15) is 0 Å². The molecule has 0 spiro atoms. The van der Waals surface area contributed by atoms with Crippen molar-refractivity contribution in [2.45, 2.75) is 131 Å². The molecule has 0 saturated heterocycles. The van der Waals surface area contributed by atoms with Gasteiger partial charge in [0.25, 0.3) is 0 Å². The molecule has 0 fully saturated rings. The van der Waals surface area contributed by atoms with E-state index in [1.807, 2.05) is 13.8 Å². The zero-order chi connectivity index (χ0) is 19.8. The fourth-order valence-electron chi connectivity index (χ4n) is 3.37. The molecule has 0 aromatic carbocycles. The molecule has 0 rings (SSSR count). The van der Waals surface area contributed by atoms with E-state index < -0.39 is 5.60 Å². The fourth-order valence-corrected chi connectivity index (χ4v) is 3.37. The van der Waals surface area contributed by atoms with Crippen molar-refractivity contribution in [3.8, 4) is 0 Å². The highest BCUT2D eigenvalue weighted by molar-refractivity contribution is 5.20. The molecule has 0 aliphatic carbocycles. The van der Waals surface area contributed by atoms with Crippen LogP contribution in [0.2, 0.25) is 0 Å². The Balaban J connectivity index is 3.62. The zero-order valence-corrected chi connectivity index (χ0v) is 18.9. The van der Waals surface area contributed by atoms with Crippen LogP contribution in [0.25, 0.3) is 0 Å². The molecule has 1 heteroatoms. The molecular formula is C25H48O. The monoisotopic (exact) mass is 364 g/mol. The van der Waals surface area contributed by atoms with Gasteiger partial charge in [-0.25, -0.2) is 0 Å². The van der Waals surface area contributed by atoms with Crippen molar-refractivity contribution < 1.29 is 5.11 Å². The van der Waals surface area contributed by atoms with E-state index in [1.54, 1.807) is 0 Å². The van der Waals surface area contributed by atoms with E-state index in [2.05, 4.69) is 39.8 Å². The van der Waals surface area contributed by atoms with E-state index in [4.69, 9.17) is 0 Å². The van der Waals surface area contributed by atoms with Gasteiger partial charge in [0.05, 0.1) is 5.60 Å². The van der Waals surface area contributed by atoms with Crippen LogP contribution in [0, 0.1) is 5.92 Å². The summed E-state index contributed by atoms with van der Waals surface area (Å²) in [6.45, 7) is 12.5. The maximum atomic E-state index is 10.1. The third-order valence-electron chi connectivity index (χ3n) is 5.88. The van der Waals surface area contributed by atoms with Gasteiger partial charge in [0.2, 0.25) is 0 Å². The van der Waals surface area contributed by atoms with Crippen molar-refractivity contribution in [3.63, 3.8) is 0 Å². The number of allylic oxidation sites excluding steroid dienone is 3. The lowest BCUT2D eigenvalue weighted by Crippen LogP contribution is -2.22. The molecule has 0 aromatic rings. The van der Waals surface area contributed by atoms with E-state index in [0.717, 1.165) is 12.0 Å². The molecule has 0 radical (unpaired) electrons. The maximum absolute atomic E-state index is 10.1. The van der Waals surface area contributed by atoms with Crippen LogP contribution in [0.1, 0.15) is 125 Å². The van der Waals surface area contributed by atoms with Gasteiger partial charge in [0.15, 0.2) is 0 Å². The molecule has 0 heterocycles. The summed E-state index contributed by atoms with van der Waals surface area (Å²) < 4.78 is 0. The summed E-state index contributed by atoms with van der Waals surface area (Å²) in [6, 6.07) is 0. The van der Waals surface area contributed by atoms with Gasteiger partial charge in [-0.15, -0.1) is 0 Å². The molecule has 0 amide bonds. The molecule has 1 atom stereocenters. The summed E-state index contributed by atoms with van der Waals surface area (Å²) >= 11 is 0. The number of aliphatic hydroxyl groups is 1. The average molecular weight is 365 g/mol. The van der Waals surface area contributed by atoms with Crippen LogP contribution in [-0.4, -0.2) is 10.7 Å². The fraction of sp³-hybridized carbons (Fsp3) is 0.840. The van der Waals surface area contributed by atoms with Crippen LogP contribution >= 0.6 is 0 Å². The topological polar surface area (TPSA) is 20.2 Å². The number of hydrogen-bond acceptors (Lipinski definition) is 1. The van der Waals surface area contributed by atoms with E-state index in [-0.39, 0.29) is 0 Å². The van der Waals surface area contributed by atoms with Crippen molar-refractivity contribution in [3.05, 3.63) is 23.3 Å². The molecule has 1 unspecified atom stereocenters. The Bertz CT molecular complexity index is 383. The minimum atomic E-state index is -0.697. The molecule has 1 N–H and O–H groups in total. The summed E-state index contributed by atoms with van der Waals surface area (Å²) in [6.07, 6.45) is 22.5. The molecule has 1 nitrogen and oxygen atoms in total. The van der Waals surface area contributed by atoms with Crippen molar-refractivity contribution in [1.82, 2.24) is 0 Å². The molecular weight excluding hydrogens is 316 g/mol. The molecule has 0 aromatic heterocycles. The number of rotatable bonds is 16. The summed E-state index contributed by atoms with van der Waals surface area (Å²) in [7, 11) is 0. The van der Waals surface area contributed by atoms with Crippen molar-refractivity contribution in [1.29, 1.82) is 0 Å². The van der Waals surface area contributed by atoms with E-state index >= 15 is 0 Å².